The van der Waals surface area contributed by atoms with Crippen LogP contribution in [0.4, 0.5) is 0 Å². The van der Waals surface area contributed by atoms with Crippen molar-refractivity contribution in [2.45, 2.75) is 0 Å². The third kappa shape index (κ3) is 3.11. The zero-order valence-electron chi connectivity index (χ0n) is 12.9. The van der Waals surface area contributed by atoms with Crippen LogP contribution in [0.5, 0.6) is 17.2 Å². The van der Waals surface area contributed by atoms with Crippen LogP contribution in [0.2, 0.25) is 0 Å². The van der Waals surface area contributed by atoms with E-state index in [1.165, 1.54) is 7.11 Å². The van der Waals surface area contributed by atoms with E-state index in [0.717, 1.165) is 10.8 Å². The van der Waals surface area contributed by atoms with Gasteiger partial charge in [0.2, 0.25) is 0 Å². The molecule has 0 amide bonds. The number of benzene rings is 3. The molecule has 3 aromatic rings. The number of carbonyl (C=O) groups excluding carboxylic acids is 1. The standard InChI is InChI=1S/C19H16O4/c1-21-17-10-9-16(12-18(17)22-2)23-19(20)15-8-7-13-5-3-4-6-14(13)11-15/h3-12H,1-2H3. The fourth-order valence-corrected chi connectivity index (χ4v) is 2.36. The average molecular weight is 308 g/mol. The highest BCUT2D eigenvalue weighted by atomic mass is 16.5. The number of ether oxygens (including phenoxy) is 3. The van der Waals surface area contributed by atoms with Crippen molar-refractivity contribution in [3.63, 3.8) is 0 Å². The van der Waals surface area contributed by atoms with Gasteiger partial charge in [0.15, 0.2) is 11.5 Å². The predicted octanol–water partition coefficient (Wildman–Crippen LogP) is 4.08. The summed E-state index contributed by atoms with van der Waals surface area (Å²) in [6.45, 7) is 0. The highest BCUT2D eigenvalue weighted by Crippen LogP contribution is 2.31. The topological polar surface area (TPSA) is 44.8 Å². The Morgan fingerprint density at radius 1 is 0.783 bits per heavy atom. The minimum Gasteiger partial charge on any atom is -0.493 e. The Kier molecular flexibility index (Phi) is 4.15. The van der Waals surface area contributed by atoms with Crippen LogP contribution < -0.4 is 14.2 Å². The smallest absolute Gasteiger partial charge is 0.343 e. The van der Waals surface area contributed by atoms with Gasteiger partial charge in [0.1, 0.15) is 5.75 Å². The first kappa shape index (κ1) is 14.9. The van der Waals surface area contributed by atoms with Gasteiger partial charge in [-0.15, -0.1) is 0 Å². The molecule has 0 radical (unpaired) electrons. The summed E-state index contributed by atoms with van der Waals surface area (Å²) >= 11 is 0. The summed E-state index contributed by atoms with van der Waals surface area (Å²) in [5.74, 6) is 1.08. The highest BCUT2D eigenvalue weighted by molar-refractivity contribution is 5.96. The number of fused-ring (bicyclic) bond motifs is 1. The lowest BCUT2D eigenvalue weighted by molar-refractivity contribution is 0.0734. The summed E-state index contributed by atoms with van der Waals surface area (Å²) in [4.78, 5) is 12.3. The second-order valence-electron chi connectivity index (χ2n) is 4.97. The molecule has 116 valence electrons. The van der Waals surface area contributed by atoms with Crippen LogP contribution in [-0.2, 0) is 0 Å². The molecule has 0 atom stereocenters. The molecule has 0 saturated carbocycles. The first-order valence-electron chi connectivity index (χ1n) is 7.14. The molecule has 0 fully saturated rings. The predicted molar refractivity (Wildman–Crippen MR) is 88.5 cm³/mol. The number of methoxy groups -OCH3 is 2. The monoisotopic (exact) mass is 308 g/mol. The summed E-state index contributed by atoms with van der Waals surface area (Å²) in [7, 11) is 3.09. The first-order chi connectivity index (χ1) is 11.2. The molecule has 0 aliphatic heterocycles. The Hall–Kier alpha value is -3.01. The highest BCUT2D eigenvalue weighted by Gasteiger charge is 2.12. The number of carbonyl (C=O) groups is 1. The molecule has 4 heteroatoms. The van der Waals surface area contributed by atoms with Crippen molar-refractivity contribution >= 4 is 16.7 Å². The summed E-state index contributed by atoms with van der Waals surface area (Å²) in [5, 5.41) is 2.07. The lowest BCUT2D eigenvalue weighted by Crippen LogP contribution is -2.08. The molecular formula is C19H16O4. The molecule has 4 nitrogen and oxygen atoms in total. The molecule has 0 bridgehead atoms. The molecule has 0 aliphatic rings. The van der Waals surface area contributed by atoms with E-state index in [0.29, 0.717) is 22.8 Å². The summed E-state index contributed by atoms with van der Waals surface area (Å²) in [6, 6.07) is 18.3. The van der Waals surface area contributed by atoms with Gasteiger partial charge < -0.3 is 14.2 Å². The van der Waals surface area contributed by atoms with Crippen LogP contribution in [0.1, 0.15) is 10.4 Å². The molecule has 0 aromatic heterocycles. The molecule has 0 N–H and O–H groups in total. The first-order valence-corrected chi connectivity index (χ1v) is 7.14. The van der Waals surface area contributed by atoms with E-state index >= 15 is 0 Å². The molecule has 0 unspecified atom stereocenters. The lowest BCUT2D eigenvalue weighted by atomic mass is 10.1. The van der Waals surface area contributed by atoms with E-state index in [2.05, 4.69) is 0 Å². The van der Waals surface area contributed by atoms with Crippen LogP contribution in [0.25, 0.3) is 10.8 Å². The second kappa shape index (κ2) is 6.40. The van der Waals surface area contributed by atoms with Crippen LogP contribution in [-0.4, -0.2) is 20.2 Å². The zero-order chi connectivity index (χ0) is 16.2. The second-order valence-corrected chi connectivity index (χ2v) is 4.97. The van der Waals surface area contributed by atoms with Crippen molar-refractivity contribution in [2.24, 2.45) is 0 Å². The maximum atomic E-state index is 12.3. The fourth-order valence-electron chi connectivity index (χ4n) is 2.36. The average Bonchev–Trinajstić information content (AvgIpc) is 2.61. The molecule has 0 heterocycles. The zero-order valence-corrected chi connectivity index (χ0v) is 12.9. The third-order valence-corrected chi connectivity index (χ3v) is 3.55. The van der Waals surface area contributed by atoms with Gasteiger partial charge in [-0.1, -0.05) is 30.3 Å². The minimum atomic E-state index is -0.414. The molecule has 0 aliphatic carbocycles. The maximum Gasteiger partial charge on any atom is 0.343 e. The molecule has 0 saturated heterocycles. The Labute approximate surface area is 134 Å². The fraction of sp³-hybridized carbons (Fsp3) is 0.105. The number of rotatable bonds is 4. The van der Waals surface area contributed by atoms with E-state index in [-0.39, 0.29) is 0 Å². The van der Waals surface area contributed by atoms with E-state index in [1.54, 1.807) is 31.4 Å². The van der Waals surface area contributed by atoms with Gasteiger partial charge in [0.25, 0.3) is 0 Å². The van der Waals surface area contributed by atoms with Gasteiger partial charge in [0.05, 0.1) is 19.8 Å². The van der Waals surface area contributed by atoms with Gasteiger partial charge >= 0.3 is 5.97 Å². The third-order valence-electron chi connectivity index (χ3n) is 3.55. The SMILES string of the molecule is COc1ccc(OC(=O)c2ccc3ccccc3c2)cc1OC. The normalized spacial score (nSPS) is 10.3. The molecule has 3 aromatic carbocycles. The Bertz CT molecular complexity index is 855. The van der Waals surface area contributed by atoms with E-state index < -0.39 is 5.97 Å². The summed E-state index contributed by atoms with van der Waals surface area (Å²) in [6.07, 6.45) is 0. The van der Waals surface area contributed by atoms with Crippen LogP contribution in [0.3, 0.4) is 0 Å². The van der Waals surface area contributed by atoms with Crippen molar-refractivity contribution < 1.29 is 19.0 Å². The van der Waals surface area contributed by atoms with Gasteiger partial charge in [-0.05, 0) is 35.0 Å². The van der Waals surface area contributed by atoms with E-state index in [4.69, 9.17) is 14.2 Å². The van der Waals surface area contributed by atoms with Crippen molar-refractivity contribution in [1.29, 1.82) is 0 Å². The van der Waals surface area contributed by atoms with Crippen molar-refractivity contribution in [1.82, 2.24) is 0 Å². The van der Waals surface area contributed by atoms with Gasteiger partial charge in [-0.3, -0.25) is 0 Å². The van der Waals surface area contributed by atoms with Crippen LogP contribution in [0, 0.1) is 0 Å². The minimum absolute atomic E-state index is 0.404. The Morgan fingerprint density at radius 2 is 1.52 bits per heavy atom. The lowest BCUT2D eigenvalue weighted by Gasteiger charge is -2.10. The Balaban J connectivity index is 1.85. The number of hydrogen-bond acceptors (Lipinski definition) is 4. The number of esters is 1. The van der Waals surface area contributed by atoms with E-state index in [1.807, 2.05) is 36.4 Å². The Morgan fingerprint density at radius 3 is 2.26 bits per heavy atom. The molecule has 3 rings (SSSR count). The van der Waals surface area contributed by atoms with Crippen LogP contribution in [0.15, 0.2) is 60.7 Å². The quantitative estimate of drug-likeness (QED) is 0.538. The van der Waals surface area contributed by atoms with Crippen LogP contribution >= 0.6 is 0 Å². The van der Waals surface area contributed by atoms with Crippen molar-refractivity contribution in [2.75, 3.05) is 14.2 Å². The number of hydrogen-bond donors (Lipinski definition) is 0. The van der Waals surface area contributed by atoms with Crippen molar-refractivity contribution in [3.05, 3.63) is 66.2 Å². The molecular weight excluding hydrogens is 292 g/mol. The molecule has 23 heavy (non-hydrogen) atoms. The van der Waals surface area contributed by atoms with Gasteiger partial charge in [-0.25, -0.2) is 4.79 Å². The van der Waals surface area contributed by atoms with E-state index in [9.17, 15) is 4.79 Å². The van der Waals surface area contributed by atoms with Gasteiger partial charge in [-0.2, -0.15) is 0 Å². The maximum absolute atomic E-state index is 12.3. The largest absolute Gasteiger partial charge is 0.493 e. The molecule has 0 spiro atoms. The summed E-state index contributed by atoms with van der Waals surface area (Å²) in [5.41, 5.74) is 0.499. The van der Waals surface area contributed by atoms with Gasteiger partial charge in [0, 0.05) is 6.07 Å². The summed E-state index contributed by atoms with van der Waals surface area (Å²) < 4.78 is 15.8. The van der Waals surface area contributed by atoms with Crippen molar-refractivity contribution in [3.8, 4) is 17.2 Å².